The minimum Gasteiger partial charge on any atom is -0.369 e. The molecule has 0 aromatic carbocycles. The number of nitrogens with one attached hydrogen (secondary N) is 1. The smallest absolute Gasteiger partial charge is 0.148 e. The van der Waals surface area contributed by atoms with Crippen molar-refractivity contribution in [3.8, 4) is 0 Å². The van der Waals surface area contributed by atoms with Gasteiger partial charge in [0.25, 0.3) is 0 Å². The minimum absolute atomic E-state index is 0.794. The summed E-state index contributed by atoms with van der Waals surface area (Å²) < 4.78 is 0.911. The second kappa shape index (κ2) is 7.93. The molecule has 6 heteroatoms. The van der Waals surface area contributed by atoms with Gasteiger partial charge in [-0.1, -0.05) is 6.92 Å². The molecular formula is C15H20BrN5. The lowest BCUT2D eigenvalue weighted by atomic mass is 10.2. The van der Waals surface area contributed by atoms with Gasteiger partial charge in [0.2, 0.25) is 0 Å². The maximum atomic E-state index is 4.43. The third kappa shape index (κ3) is 4.14. The standard InChI is InChI=1S/C15H20BrN5/c1-3-7-18-14-13(16)15(20-11-19-14)21(4-2)10-12-5-8-17-9-6-12/h5-6,8-9,11H,3-4,7,10H2,1-2H3,(H,18,19,20). The summed E-state index contributed by atoms with van der Waals surface area (Å²) in [4.78, 5) is 15.0. The first-order valence-electron chi connectivity index (χ1n) is 7.14. The maximum absolute atomic E-state index is 4.43. The van der Waals surface area contributed by atoms with Crippen LogP contribution in [0, 0.1) is 0 Å². The van der Waals surface area contributed by atoms with Crippen LogP contribution in [-0.2, 0) is 6.54 Å². The normalized spacial score (nSPS) is 10.4. The van der Waals surface area contributed by atoms with Crippen LogP contribution >= 0.6 is 15.9 Å². The lowest BCUT2D eigenvalue weighted by Gasteiger charge is -2.23. The molecule has 0 fully saturated rings. The zero-order valence-corrected chi connectivity index (χ0v) is 14.0. The van der Waals surface area contributed by atoms with E-state index in [2.05, 4.69) is 54.9 Å². The van der Waals surface area contributed by atoms with Crippen molar-refractivity contribution in [2.24, 2.45) is 0 Å². The van der Waals surface area contributed by atoms with Crippen LogP contribution in [0.25, 0.3) is 0 Å². The second-order valence-corrected chi connectivity index (χ2v) is 5.45. The van der Waals surface area contributed by atoms with E-state index >= 15 is 0 Å². The van der Waals surface area contributed by atoms with Crippen molar-refractivity contribution in [3.05, 3.63) is 40.9 Å². The molecule has 0 amide bonds. The molecule has 0 bridgehead atoms. The summed E-state index contributed by atoms with van der Waals surface area (Å²) in [5, 5.41) is 3.31. The first kappa shape index (κ1) is 15.7. The van der Waals surface area contributed by atoms with Crippen LogP contribution in [0.2, 0.25) is 0 Å². The second-order valence-electron chi connectivity index (χ2n) is 4.66. The summed E-state index contributed by atoms with van der Waals surface area (Å²) in [6.45, 7) is 6.80. The quantitative estimate of drug-likeness (QED) is 0.829. The van der Waals surface area contributed by atoms with Crippen molar-refractivity contribution in [1.82, 2.24) is 15.0 Å². The number of rotatable bonds is 7. The van der Waals surface area contributed by atoms with Crippen molar-refractivity contribution >= 4 is 27.6 Å². The SMILES string of the molecule is CCCNc1ncnc(N(CC)Cc2ccncc2)c1Br. The van der Waals surface area contributed by atoms with Gasteiger partial charge in [0.1, 0.15) is 22.4 Å². The zero-order valence-electron chi connectivity index (χ0n) is 12.4. The Kier molecular flexibility index (Phi) is 5.92. The molecule has 2 aromatic rings. The fourth-order valence-electron chi connectivity index (χ4n) is 1.99. The molecule has 0 aliphatic rings. The summed E-state index contributed by atoms with van der Waals surface area (Å²) in [7, 11) is 0. The molecule has 112 valence electrons. The average Bonchev–Trinajstić information content (AvgIpc) is 2.53. The van der Waals surface area contributed by atoms with E-state index in [-0.39, 0.29) is 0 Å². The van der Waals surface area contributed by atoms with Gasteiger partial charge in [0.15, 0.2) is 0 Å². The van der Waals surface area contributed by atoms with E-state index in [1.165, 1.54) is 5.56 Å². The first-order valence-corrected chi connectivity index (χ1v) is 7.93. The summed E-state index contributed by atoms with van der Waals surface area (Å²) in [5.74, 6) is 1.75. The Morgan fingerprint density at radius 3 is 2.62 bits per heavy atom. The number of hydrogen-bond donors (Lipinski definition) is 1. The van der Waals surface area contributed by atoms with Gasteiger partial charge < -0.3 is 10.2 Å². The van der Waals surface area contributed by atoms with E-state index in [0.717, 1.165) is 42.2 Å². The van der Waals surface area contributed by atoms with Crippen molar-refractivity contribution < 1.29 is 0 Å². The molecular weight excluding hydrogens is 330 g/mol. The molecule has 5 nitrogen and oxygen atoms in total. The van der Waals surface area contributed by atoms with Gasteiger partial charge in [-0.2, -0.15) is 0 Å². The molecule has 2 rings (SSSR count). The van der Waals surface area contributed by atoms with Gasteiger partial charge in [-0.05, 0) is 47.0 Å². The van der Waals surface area contributed by atoms with Crippen molar-refractivity contribution in [1.29, 1.82) is 0 Å². The van der Waals surface area contributed by atoms with E-state index in [1.54, 1.807) is 6.33 Å². The molecule has 2 heterocycles. The molecule has 0 aliphatic carbocycles. The highest BCUT2D eigenvalue weighted by atomic mass is 79.9. The highest BCUT2D eigenvalue weighted by Crippen LogP contribution is 2.30. The third-order valence-electron chi connectivity index (χ3n) is 3.12. The van der Waals surface area contributed by atoms with Crippen LogP contribution in [0.15, 0.2) is 35.3 Å². The van der Waals surface area contributed by atoms with Gasteiger partial charge in [0, 0.05) is 32.0 Å². The Bertz CT molecular complexity index is 561. The van der Waals surface area contributed by atoms with Crippen LogP contribution in [0.4, 0.5) is 11.6 Å². The molecule has 0 radical (unpaired) electrons. The Balaban J connectivity index is 2.21. The molecule has 2 aromatic heterocycles. The van der Waals surface area contributed by atoms with Crippen molar-refractivity contribution in [3.63, 3.8) is 0 Å². The molecule has 0 saturated carbocycles. The topological polar surface area (TPSA) is 53.9 Å². The van der Waals surface area contributed by atoms with E-state index < -0.39 is 0 Å². The van der Waals surface area contributed by atoms with E-state index in [0.29, 0.717) is 0 Å². The van der Waals surface area contributed by atoms with Crippen molar-refractivity contribution in [2.45, 2.75) is 26.8 Å². The molecule has 0 unspecified atom stereocenters. The van der Waals surface area contributed by atoms with Crippen LogP contribution in [0.3, 0.4) is 0 Å². The summed E-state index contributed by atoms with van der Waals surface area (Å²) >= 11 is 3.62. The number of nitrogens with zero attached hydrogens (tertiary/aromatic N) is 4. The summed E-state index contributed by atoms with van der Waals surface area (Å²) in [6, 6.07) is 4.04. The number of aromatic nitrogens is 3. The van der Waals surface area contributed by atoms with Crippen LogP contribution in [0.5, 0.6) is 0 Å². The van der Waals surface area contributed by atoms with Gasteiger partial charge in [-0.25, -0.2) is 9.97 Å². The van der Waals surface area contributed by atoms with E-state index in [1.807, 2.05) is 24.5 Å². The molecule has 0 spiro atoms. The molecule has 0 saturated heterocycles. The first-order chi connectivity index (χ1) is 10.3. The predicted octanol–water partition coefficient (Wildman–Crippen LogP) is 3.48. The fraction of sp³-hybridized carbons (Fsp3) is 0.400. The molecule has 0 atom stereocenters. The molecule has 0 aliphatic heterocycles. The highest BCUT2D eigenvalue weighted by molar-refractivity contribution is 9.10. The van der Waals surface area contributed by atoms with Gasteiger partial charge in [0.05, 0.1) is 0 Å². The highest BCUT2D eigenvalue weighted by Gasteiger charge is 2.14. The number of halogens is 1. The number of hydrogen-bond acceptors (Lipinski definition) is 5. The molecule has 1 N–H and O–H groups in total. The Morgan fingerprint density at radius 2 is 1.95 bits per heavy atom. The monoisotopic (exact) mass is 349 g/mol. The Labute approximate surface area is 134 Å². The zero-order chi connectivity index (χ0) is 15.1. The fourth-order valence-corrected chi connectivity index (χ4v) is 2.59. The largest absolute Gasteiger partial charge is 0.369 e. The van der Waals surface area contributed by atoms with Gasteiger partial charge in [-0.15, -0.1) is 0 Å². The minimum atomic E-state index is 0.794. The van der Waals surface area contributed by atoms with E-state index in [9.17, 15) is 0 Å². The maximum Gasteiger partial charge on any atom is 0.148 e. The van der Waals surface area contributed by atoms with Gasteiger partial charge in [-0.3, -0.25) is 4.98 Å². The lowest BCUT2D eigenvalue weighted by molar-refractivity contribution is 0.805. The average molecular weight is 350 g/mol. The van der Waals surface area contributed by atoms with Crippen molar-refractivity contribution in [2.75, 3.05) is 23.3 Å². The van der Waals surface area contributed by atoms with E-state index in [4.69, 9.17) is 0 Å². The summed E-state index contributed by atoms with van der Waals surface area (Å²) in [5.41, 5.74) is 1.21. The third-order valence-corrected chi connectivity index (χ3v) is 3.85. The number of anilines is 2. The lowest BCUT2D eigenvalue weighted by Crippen LogP contribution is -2.24. The van der Waals surface area contributed by atoms with Gasteiger partial charge >= 0.3 is 0 Å². The Morgan fingerprint density at radius 1 is 1.19 bits per heavy atom. The summed E-state index contributed by atoms with van der Waals surface area (Å²) in [6.07, 6.45) is 6.28. The number of pyridine rings is 1. The molecule has 21 heavy (non-hydrogen) atoms. The van der Waals surface area contributed by atoms with Crippen LogP contribution in [0.1, 0.15) is 25.8 Å². The predicted molar refractivity (Wildman–Crippen MR) is 89.5 cm³/mol. The van der Waals surface area contributed by atoms with Crippen LogP contribution in [-0.4, -0.2) is 28.0 Å². The Hall–Kier alpha value is -1.69. The van der Waals surface area contributed by atoms with Crippen LogP contribution < -0.4 is 10.2 Å².